The summed E-state index contributed by atoms with van der Waals surface area (Å²) in [4.78, 5) is 4.21. The molecule has 5 heteroatoms. The van der Waals surface area contributed by atoms with Gasteiger partial charge in [-0.3, -0.25) is 0 Å². The zero-order chi connectivity index (χ0) is 14.8. The van der Waals surface area contributed by atoms with E-state index in [1.165, 1.54) is 24.3 Å². The van der Waals surface area contributed by atoms with Crippen molar-refractivity contribution >= 4 is 22.3 Å². The van der Waals surface area contributed by atoms with E-state index >= 15 is 0 Å². The lowest BCUT2D eigenvalue weighted by molar-refractivity contribution is 0.627. The molecule has 0 radical (unpaired) electrons. The monoisotopic (exact) mass is 285 g/mol. The number of hydrogen-bond acceptors (Lipinski definition) is 3. The second-order valence-corrected chi connectivity index (χ2v) is 4.73. The van der Waals surface area contributed by atoms with Crippen LogP contribution in [0.5, 0.6) is 0 Å². The normalized spacial score (nSPS) is 10.8. The molecule has 3 aromatic rings. The number of pyridine rings is 1. The van der Waals surface area contributed by atoms with Gasteiger partial charge in [0.15, 0.2) is 0 Å². The van der Waals surface area contributed by atoms with E-state index in [0.717, 1.165) is 10.9 Å². The van der Waals surface area contributed by atoms with Gasteiger partial charge in [-0.25, -0.2) is 13.8 Å². The third kappa shape index (κ3) is 2.76. The third-order valence-electron chi connectivity index (χ3n) is 3.25. The standard InChI is InChI=1S/C16H13F2N3/c17-11-3-1-10(2-4-11)9-21-16-14-7-12(18)8-15(19)13(14)5-6-20-16/h1-8H,9,19H2,(H,20,21). The van der Waals surface area contributed by atoms with Crippen LogP contribution in [0.2, 0.25) is 0 Å². The summed E-state index contributed by atoms with van der Waals surface area (Å²) in [6.45, 7) is 0.461. The third-order valence-corrected chi connectivity index (χ3v) is 3.25. The molecule has 1 heterocycles. The lowest BCUT2D eigenvalue weighted by atomic mass is 10.1. The van der Waals surface area contributed by atoms with Gasteiger partial charge in [0.2, 0.25) is 0 Å². The molecule has 0 aliphatic heterocycles. The van der Waals surface area contributed by atoms with E-state index in [0.29, 0.717) is 23.4 Å². The number of benzene rings is 2. The van der Waals surface area contributed by atoms with Gasteiger partial charge in [0.05, 0.1) is 0 Å². The summed E-state index contributed by atoms with van der Waals surface area (Å²) < 4.78 is 26.4. The number of nitrogen functional groups attached to an aromatic ring is 1. The molecule has 3 N–H and O–H groups in total. The molecule has 106 valence electrons. The smallest absolute Gasteiger partial charge is 0.134 e. The minimum atomic E-state index is -0.405. The molecule has 0 saturated heterocycles. The van der Waals surface area contributed by atoms with E-state index in [-0.39, 0.29) is 5.82 Å². The zero-order valence-electron chi connectivity index (χ0n) is 11.1. The molecule has 0 aliphatic carbocycles. The summed E-state index contributed by atoms with van der Waals surface area (Å²) in [6.07, 6.45) is 1.61. The van der Waals surface area contributed by atoms with Crippen LogP contribution in [0.3, 0.4) is 0 Å². The molecule has 0 fully saturated rings. The Balaban J connectivity index is 1.92. The molecule has 0 spiro atoms. The quantitative estimate of drug-likeness (QED) is 0.721. The number of nitrogens with two attached hydrogens (primary N) is 1. The van der Waals surface area contributed by atoms with Crippen LogP contribution < -0.4 is 11.1 Å². The number of nitrogens with one attached hydrogen (secondary N) is 1. The Hall–Kier alpha value is -2.69. The number of halogens is 2. The van der Waals surface area contributed by atoms with E-state index < -0.39 is 5.82 Å². The maximum absolute atomic E-state index is 13.5. The Bertz CT molecular complexity index is 785. The van der Waals surface area contributed by atoms with Crippen LogP contribution in [0.1, 0.15) is 5.56 Å². The lowest BCUT2D eigenvalue weighted by Crippen LogP contribution is -2.02. The summed E-state index contributed by atoms with van der Waals surface area (Å²) in [6, 6.07) is 10.6. The number of aromatic nitrogens is 1. The maximum Gasteiger partial charge on any atom is 0.134 e. The highest BCUT2D eigenvalue weighted by Crippen LogP contribution is 2.27. The average Bonchev–Trinajstić information content (AvgIpc) is 2.47. The first-order valence-electron chi connectivity index (χ1n) is 6.45. The van der Waals surface area contributed by atoms with E-state index in [2.05, 4.69) is 10.3 Å². The Morgan fingerprint density at radius 1 is 0.952 bits per heavy atom. The van der Waals surface area contributed by atoms with Crippen LogP contribution in [-0.2, 0) is 6.54 Å². The molecule has 0 unspecified atom stereocenters. The van der Waals surface area contributed by atoms with E-state index in [4.69, 9.17) is 5.73 Å². The summed E-state index contributed by atoms with van der Waals surface area (Å²) in [7, 11) is 0. The summed E-state index contributed by atoms with van der Waals surface area (Å²) in [5.41, 5.74) is 7.09. The first kappa shape index (κ1) is 13.3. The summed E-state index contributed by atoms with van der Waals surface area (Å²) in [5, 5.41) is 4.49. The fourth-order valence-electron chi connectivity index (χ4n) is 2.21. The second-order valence-electron chi connectivity index (χ2n) is 4.73. The zero-order valence-corrected chi connectivity index (χ0v) is 11.1. The highest BCUT2D eigenvalue weighted by atomic mass is 19.1. The molecule has 0 aliphatic rings. The number of anilines is 2. The molecule has 2 aromatic carbocycles. The van der Waals surface area contributed by atoms with Gasteiger partial charge in [-0.1, -0.05) is 12.1 Å². The van der Waals surface area contributed by atoms with Gasteiger partial charge in [-0.15, -0.1) is 0 Å². The lowest BCUT2D eigenvalue weighted by Gasteiger charge is -2.10. The van der Waals surface area contributed by atoms with Crippen LogP contribution in [0.25, 0.3) is 10.8 Å². The largest absolute Gasteiger partial charge is 0.398 e. The fourth-order valence-corrected chi connectivity index (χ4v) is 2.21. The Morgan fingerprint density at radius 2 is 1.71 bits per heavy atom. The van der Waals surface area contributed by atoms with Crippen molar-refractivity contribution in [3.8, 4) is 0 Å². The predicted octanol–water partition coefficient (Wildman–Crippen LogP) is 3.71. The van der Waals surface area contributed by atoms with Crippen molar-refractivity contribution in [3.63, 3.8) is 0 Å². The van der Waals surface area contributed by atoms with Crippen LogP contribution in [0, 0.1) is 11.6 Å². The van der Waals surface area contributed by atoms with Gasteiger partial charge in [-0.05, 0) is 35.9 Å². The molecular formula is C16H13F2N3. The summed E-state index contributed by atoms with van der Waals surface area (Å²) in [5.74, 6) is -0.141. The topological polar surface area (TPSA) is 50.9 Å². The van der Waals surface area contributed by atoms with Gasteiger partial charge in [-0.2, -0.15) is 0 Å². The molecule has 0 amide bonds. The van der Waals surface area contributed by atoms with Gasteiger partial charge in [0.25, 0.3) is 0 Å². The number of fused-ring (bicyclic) bond motifs is 1. The van der Waals surface area contributed by atoms with Gasteiger partial charge in [0, 0.05) is 29.2 Å². The minimum Gasteiger partial charge on any atom is -0.398 e. The predicted molar refractivity (Wildman–Crippen MR) is 79.8 cm³/mol. The molecule has 0 saturated carbocycles. The van der Waals surface area contributed by atoms with Crippen molar-refractivity contribution in [2.75, 3.05) is 11.1 Å². The van der Waals surface area contributed by atoms with Crippen molar-refractivity contribution in [2.24, 2.45) is 0 Å². The maximum atomic E-state index is 13.5. The highest BCUT2D eigenvalue weighted by Gasteiger charge is 2.07. The van der Waals surface area contributed by atoms with Crippen molar-refractivity contribution < 1.29 is 8.78 Å². The van der Waals surface area contributed by atoms with Crippen molar-refractivity contribution in [1.82, 2.24) is 4.98 Å². The molecular weight excluding hydrogens is 272 g/mol. The molecule has 3 nitrogen and oxygen atoms in total. The van der Waals surface area contributed by atoms with Crippen LogP contribution in [0.15, 0.2) is 48.7 Å². The van der Waals surface area contributed by atoms with Gasteiger partial charge >= 0.3 is 0 Å². The minimum absolute atomic E-state index is 0.281. The first-order valence-corrected chi connectivity index (χ1v) is 6.45. The van der Waals surface area contributed by atoms with Crippen LogP contribution in [0.4, 0.5) is 20.3 Å². The molecule has 3 rings (SSSR count). The Kier molecular flexibility index (Phi) is 3.39. The van der Waals surface area contributed by atoms with E-state index in [1.807, 2.05) is 0 Å². The Morgan fingerprint density at radius 3 is 2.48 bits per heavy atom. The first-order chi connectivity index (χ1) is 10.1. The van der Waals surface area contributed by atoms with Gasteiger partial charge < -0.3 is 11.1 Å². The molecule has 21 heavy (non-hydrogen) atoms. The highest BCUT2D eigenvalue weighted by molar-refractivity contribution is 5.99. The number of nitrogens with zero attached hydrogens (tertiary/aromatic N) is 1. The number of rotatable bonds is 3. The number of hydrogen-bond donors (Lipinski definition) is 2. The fraction of sp³-hybridized carbons (Fsp3) is 0.0625. The molecule has 0 atom stereocenters. The van der Waals surface area contributed by atoms with Crippen LogP contribution >= 0.6 is 0 Å². The molecule has 0 bridgehead atoms. The molecule has 1 aromatic heterocycles. The second kappa shape index (κ2) is 5.36. The van der Waals surface area contributed by atoms with E-state index in [1.54, 1.807) is 24.4 Å². The van der Waals surface area contributed by atoms with Crippen molar-refractivity contribution in [2.45, 2.75) is 6.54 Å². The van der Waals surface area contributed by atoms with Crippen LogP contribution in [-0.4, -0.2) is 4.98 Å². The van der Waals surface area contributed by atoms with E-state index in [9.17, 15) is 8.78 Å². The van der Waals surface area contributed by atoms with Gasteiger partial charge in [0.1, 0.15) is 17.5 Å². The Labute approximate surface area is 120 Å². The SMILES string of the molecule is Nc1cc(F)cc2c(NCc3ccc(F)cc3)nccc12. The van der Waals surface area contributed by atoms with Crippen molar-refractivity contribution in [1.29, 1.82) is 0 Å². The summed E-state index contributed by atoms with van der Waals surface area (Å²) >= 11 is 0. The van der Waals surface area contributed by atoms with Crippen molar-refractivity contribution in [3.05, 3.63) is 65.9 Å². The average molecular weight is 285 g/mol.